The zero-order chi connectivity index (χ0) is 10.2. The van der Waals surface area contributed by atoms with Gasteiger partial charge in [-0.25, -0.2) is 0 Å². The van der Waals surface area contributed by atoms with Gasteiger partial charge in [0.1, 0.15) is 11.4 Å². The third-order valence-electron chi connectivity index (χ3n) is 1.33. The van der Waals surface area contributed by atoms with Crippen LogP contribution in [0.1, 0.15) is 0 Å². The first kappa shape index (κ1) is 11.3. The number of allylic oxidation sites excluding steroid dienone is 4. The first-order valence-corrected chi connectivity index (χ1v) is 4.75. The molecule has 0 saturated carbocycles. The van der Waals surface area contributed by atoms with Crippen LogP contribution in [0, 0.1) is 5.41 Å². The molecule has 0 saturated heterocycles. The van der Waals surface area contributed by atoms with Gasteiger partial charge in [0.2, 0.25) is 0 Å². The molecular formula is C6HCl5N2. The Bertz CT molecular complexity index is 361. The van der Waals surface area contributed by atoms with Crippen molar-refractivity contribution in [3.05, 3.63) is 20.1 Å². The van der Waals surface area contributed by atoms with Crippen LogP contribution in [0.25, 0.3) is 0 Å². The molecule has 0 bridgehead atoms. The summed E-state index contributed by atoms with van der Waals surface area (Å²) in [5, 5.41) is 7.52. The molecule has 0 heterocycles. The zero-order valence-corrected chi connectivity index (χ0v) is 9.62. The summed E-state index contributed by atoms with van der Waals surface area (Å²) in [6.45, 7) is 0. The van der Waals surface area contributed by atoms with Crippen molar-refractivity contribution < 1.29 is 0 Å². The molecule has 0 aromatic carbocycles. The molecule has 0 fully saturated rings. The van der Waals surface area contributed by atoms with Crippen LogP contribution in [-0.2, 0) is 0 Å². The predicted octanol–water partition coefficient (Wildman–Crippen LogP) is 3.99. The molecule has 0 radical (unpaired) electrons. The monoisotopic (exact) mass is 276 g/mol. The van der Waals surface area contributed by atoms with Gasteiger partial charge in [0.15, 0.2) is 0 Å². The smallest absolute Gasteiger partial charge is 0.124 e. The van der Waals surface area contributed by atoms with Crippen molar-refractivity contribution in [2.45, 2.75) is 0 Å². The van der Waals surface area contributed by atoms with E-state index in [2.05, 4.69) is 4.51 Å². The van der Waals surface area contributed by atoms with Gasteiger partial charge in [0.25, 0.3) is 0 Å². The van der Waals surface area contributed by atoms with Crippen molar-refractivity contribution >= 4 is 69.6 Å². The number of nitrogens with zero attached hydrogens (tertiary/aromatic N) is 1. The molecule has 13 heavy (non-hydrogen) atoms. The van der Waals surface area contributed by atoms with Crippen molar-refractivity contribution in [2.24, 2.45) is 4.51 Å². The van der Waals surface area contributed by atoms with E-state index in [1.54, 1.807) is 0 Å². The van der Waals surface area contributed by atoms with Gasteiger partial charge >= 0.3 is 0 Å². The topological polar surface area (TPSA) is 36.2 Å². The minimum Gasteiger partial charge on any atom is -0.297 e. The second-order valence-corrected chi connectivity index (χ2v) is 3.74. The lowest BCUT2D eigenvalue weighted by atomic mass is 10.1. The first-order valence-electron chi connectivity index (χ1n) is 2.90. The van der Waals surface area contributed by atoms with Crippen LogP contribution < -0.4 is 0 Å². The van der Waals surface area contributed by atoms with Crippen LogP contribution in [0.5, 0.6) is 0 Å². The van der Waals surface area contributed by atoms with Gasteiger partial charge in [-0.05, 0) is 0 Å². The average molecular weight is 278 g/mol. The van der Waals surface area contributed by atoms with Crippen LogP contribution in [-0.4, -0.2) is 11.4 Å². The minimum absolute atomic E-state index is 0.0164. The molecule has 0 spiro atoms. The lowest BCUT2D eigenvalue weighted by molar-refractivity contribution is 1.52. The molecule has 0 unspecified atom stereocenters. The van der Waals surface area contributed by atoms with Crippen LogP contribution >= 0.6 is 58.2 Å². The molecule has 0 aliphatic heterocycles. The first-order chi connectivity index (χ1) is 6.00. The Hall–Kier alpha value is 0.270. The van der Waals surface area contributed by atoms with E-state index in [1.165, 1.54) is 0 Å². The summed E-state index contributed by atoms with van der Waals surface area (Å²) < 4.78 is 3.26. The van der Waals surface area contributed by atoms with Crippen molar-refractivity contribution in [1.82, 2.24) is 0 Å². The maximum atomic E-state index is 7.44. The largest absolute Gasteiger partial charge is 0.297 e. The number of hydrogen-bond acceptors (Lipinski definition) is 2. The van der Waals surface area contributed by atoms with Crippen molar-refractivity contribution in [2.75, 3.05) is 0 Å². The summed E-state index contributed by atoms with van der Waals surface area (Å²) in [6, 6.07) is 0. The fraction of sp³-hybridized carbons (Fsp3) is 0. The maximum absolute atomic E-state index is 7.44. The van der Waals surface area contributed by atoms with Gasteiger partial charge in [-0.2, -0.15) is 4.51 Å². The van der Waals surface area contributed by atoms with Crippen LogP contribution in [0.3, 0.4) is 0 Å². The van der Waals surface area contributed by atoms with Gasteiger partial charge in [-0.15, -0.1) is 0 Å². The van der Waals surface area contributed by atoms with E-state index in [0.29, 0.717) is 0 Å². The summed E-state index contributed by atoms with van der Waals surface area (Å²) in [4.78, 5) is 0. The number of nitrogens with one attached hydrogen (secondary N) is 1. The molecule has 70 valence electrons. The molecule has 1 aliphatic carbocycles. The zero-order valence-electron chi connectivity index (χ0n) is 5.84. The summed E-state index contributed by atoms with van der Waals surface area (Å²) in [5.41, 5.74) is -0.126. The molecular weight excluding hydrogens is 277 g/mol. The SMILES string of the molecule is N=C1C(=NCl)C(Cl)=C(Cl)C(Cl)=C1Cl. The van der Waals surface area contributed by atoms with Gasteiger partial charge < -0.3 is 0 Å². The fourth-order valence-electron chi connectivity index (χ4n) is 0.699. The van der Waals surface area contributed by atoms with Crippen LogP contribution in [0.4, 0.5) is 0 Å². The second kappa shape index (κ2) is 4.20. The van der Waals surface area contributed by atoms with E-state index in [-0.39, 0.29) is 31.6 Å². The van der Waals surface area contributed by atoms with Gasteiger partial charge in [-0.1, -0.05) is 46.4 Å². The normalized spacial score (nSPS) is 21.9. The fourth-order valence-corrected chi connectivity index (χ4v) is 1.80. The van der Waals surface area contributed by atoms with E-state index >= 15 is 0 Å². The molecule has 0 atom stereocenters. The predicted molar refractivity (Wildman–Crippen MR) is 58.5 cm³/mol. The van der Waals surface area contributed by atoms with Crippen LogP contribution in [0.15, 0.2) is 24.6 Å². The molecule has 0 aromatic rings. The van der Waals surface area contributed by atoms with E-state index in [4.69, 9.17) is 63.6 Å². The van der Waals surface area contributed by atoms with Gasteiger partial charge in [0, 0.05) is 11.8 Å². The molecule has 7 heteroatoms. The lowest BCUT2D eigenvalue weighted by Gasteiger charge is -2.13. The Labute approximate surface area is 99.4 Å². The molecule has 1 aliphatic rings. The number of halogens is 5. The Kier molecular flexibility index (Phi) is 3.66. The molecule has 1 rings (SSSR count). The number of hydrogen-bond donors (Lipinski definition) is 1. The highest BCUT2D eigenvalue weighted by atomic mass is 35.5. The van der Waals surface area contributed by atoms with E-state index < -0.39 is 0 Å². The minimum atomic E-state index is -0.143. The highest BCUT2D eigenvalue weighted by molar-refractivity contribution is 6.75. The van der Waals surface area contributed by atoms with E-state index in [9.17, 15) is 0 Å². The van der Waals surface area contributed by atoms with E-state index in [1.807, 2.05) is 0 Å². The Morgan fingerprint density at radius 3 is 1.77 bits per heavy atom. The summed E-state index contributed by atoms with van der Waals surface area (Å²) in [7, 11) is 0. The van der Waals surface area contributed by atoms with Crippen molar-refractivity contribution in [3.8, 4) is 0 Å². The Morgan fingerprint density at radius 1 is 0.846 bits per heavy atom. The standard InChI is InChI=1S/C6HCl5N2/c7-1-2(8)4(10)6(13-11)5(12)3(1)9/h12H. The highest BCUT2D eigenvalue weighted by Gasteiger charge is 2.27. The molecule has 1 N–H and O–H groups in total. The highest BCUT2D eigenvalue weighted by Crippen LogP contribution is 2.35. The average Bonchev–Trinajstić information content (AvgIpc) is 2.13. The summed E-state index contributed by atoms with van der Waals surface area (Å²) in [6.07, 6.45) is 0. The maximum Gasteiger partial charge on any atom is 0.124 e. The second-order valence-electron chi connectivity index (χ2n) is 2.06. The quantitative estimate of drug-likeness (QED) is 0.650. The van der Waals surface area contributed by atoms with E-state index in [0.717, 1.165) is 0 Å². The summed E-state index contributed by atoms with van der Waals surface area (Å²) in [5.74, 6) is 0. The van der Waals surface area contributed by atoms with Crippen molar-refractivity contribution in [3.63, 3.8) is 0 Å². The van der Waals surface area contributed by atoms with Crippen molar-refractivity contribution in [1.29, 1.82) is 5.41 Å². The summed E-state index contributed by atoms with van der Waals surface area (Å²) >= 11 is 27.9. The van der Waals surface area contributed by atoms with Gasteiger partial charge in [-0.3, -0.25) is 5.41 Å². The lowest BCUT2D eigenvalue weighted by Crippen LogP contribution is -2.18. The van der Waals surface area contributed by atoms with Crippen LogP contribution in [0.2, 0.25) is 0 Å². The molecule has 2 nitrogen and oxygen atoms in total. The third-order valence-corrected chi connectivity index (χ3v) is 3.29. The molecule has 0 aromatic heterocycles. The Balaban J connectivity index is 3.41. The Morgan fingerprint density at radius 2 is 1.31 bits per heavy atom. The third kappa shape index (κ3) is 1.88. The van der Waals surface area contributed by atoms with Gasteiger partial charge in [0.05, 0.1) is 20.1 Å². The number of rotatable bonds is 0. The molecule has 0 amide bonds.